The van der Waals surface area contributed by atoms with Crippen LogP contribution in [0.3, 0.4) is 0 Å². The van der Waals surface area contributed by atoms with Gasteiger partial charge in [0.15, 0.2) is 6.10 Å². The third-order valence-electron chi connectivity index (χ3n) is 3.79. The van der Waals surface area contributed by atoms with E-state index >= 15 is 0 Å². The van der Waals surface area contributed by atoms with Gasteiger partial charge in [-0.05, 0) is 12.8 Å². The molecule has 13 heteroatoms. The highest BCUT2D eigenvalue weighted by Crippen LogP contribution is 2.29. The molecule has 5 atom stereocenters. The Labute approximate surface area is 142 Å². The van der Waals surface area contributed by atoms with Gasteiger partial charge in [-0.3, -0.25) is 25.6 Å². The molecule has 0 aromatic carbocycles. The van der Waals surface area contributed by atoms with Gasteiger partial charge in [0, 0.05) is 6.42 Å². The second-order valence-corrected chi connectivity index (χ2v) is 5.61. The van der Waals surface area contributed by atoms with Crippen LogP contribution in [-0.2, 0) is 28.7 Å². The Morgan fingerprint density at radius 2 is 1.84 bits per heavy atom. The van der Waals surface area contributed by atoms with Crippen LogP contribution in [0.15, 0.2) is 0 Å². The minimum Gasteiger partial charge on any atom is -0.457 e. The number of esters is 1. The van der Waals surface area contributed by atoms with E-state index in [4.69, 9.17) is 35.0 Å². The van der Waals surface area contributed by atoms with E-state index in [0.29, 0.717) is 0 Å². The SMILES string of the molecule is O=C(CCC[C@H](CON(O)O)ON(O)O)O[C@H]1CO[C@H]2[C@@H]1OC[C@@H]2O. The molecule has 25 heavy (non-hydrogen) atoms. The molecule has 2 heterocycles. The highest BCUT2D eigenvalue weighted by Gasteiger charge is 2.48. The van der Waals surface area contributed by atoms with Crippen molar-refractivity contribution in [3.05, 3.63) is 0 Å². The summed E-state index contributed by atoms with van der Waals surface area (Å²) < 4.78 is 15.9. The molecule has 0 saturated carbocycles. The molecule has 2 rings (SSSR count). The first-order valence-corrected chi connectivity index (χ1v) is 7.63. The Kier molecular flexibility index (Phi) is 7.85. The zero-order valence-electron chi connectivity index (χ0n) is 13.2. The average molecular weight is 370 g/mol. The molecule has 146 valence electrons. The van der Waals surface area contributed by atoms with Crippen LogP contribution in [0.5, 0.6) is 0 Å². The van der Waals surface area contributed by atoms with Crippen LogP contribution >= 0.6 is 0 Å². The first-order chi connectivity index (χ1) is 11.9. The van der Waals surface area contributed by atoms with Gasteiger partial charge in [0.2, 0.25) is 0 Å². The van der Waals surface area contributed by atoms with E-state index in [1.165, 1.54) is 0 Å². The summed E-state index contributed by atoms with van der Waals surface area (Å²) in [6.45, 7) is -0.135. The first-order valence-electron chi connectivity index (χ1n) is 7.63. The van der Waals surface area contributed by atoms with Gasteiger partial charge in [-0.2, -0.15) is 0 Å². The molecule has 2 aliphatic heterocycles. The fraction of sp³-hybridized carbons (Fsp3) is 0.917. The molecular formula is C12H22N2O11. The highest BCUT2D eigenvalue weighted by molar-refractivity contribution is 5.69. The quantitative estimate of drug-likeness (QED) is 0.225. The molecule has 0 spiro atoms. The Bertz CT molecular complexity index is 424. The smallest absolute Gasteiger partial charge is 0.306 e. The van der Waals surface area contributed by atoms with Crippen molar-refractivity contribution >= 4 is 5.97 Å². The van der Waals surface area contributed by atoms with E-state index < -0.39 is 53.9 Å². The van der Waals surface area contributed by atoms with Gasteiger partial charge >= 0.3 is 5.97 Å². The molecule has 0 radical (unpaired) electrons. The number of aliphatic hydroxyl groups is 1. The maximum absolute atomic E-state index is 11.9. The normalized spacial score (nSPS) is 30.0. The van der Waals surface area contributed by atoms with Gasteiger partial charge in [0.25, 0.3) is 0 Å². The van der Waals surface area contributed by atoms with E-state index in [2.05, 4.69) is 9.68 Å². The van der Waals surface area contributed by atoms with E-state index in [1.807, 2.05) is 0 Å². The molecule has 2 fully saturated rings. The topological polar surface area (TPSA) is 171 Å². The Morgan fingerprint density at radius 3 is 2.52 bits per heavy atom. The second kappa shape index (κ2) is 9.65. The maximum atomic E-state index is 11.9. The Balaban J connectivity index is 1.68. The predicted molar refractivity (Wildman–Crippen MR) is 70.9 cm³/mol. The van der Waals surface area contributed by atoms with Crippen molar-refractivity contribution in [2.45, 2.75) is 49.8 Å². The molecule has 0 bridgehead atoms. The summed E-state index contributed by atoms with van der Waals surface area (Å²) in [6, 6.07) is 0. The molecule has 2 saturated heterocycles. The van der Waals surface area contributed by atoms with Crippen molar-refractivity contribution in [3.8, 4) is 0 Å². The summed E-state index contributed by atoms with van der Waals surface area (Å²) in [5.74, 6) is -0.519. The maximum Gasteiger partial charge on any atom is 0.306 e. The largest absolute Gasteiger partial charge is 0.457 e. The van der Waals surface area contributed by atoms with E-state index in [1.54, 1.807) is 0 Å². The average Bonchev–Trinajstić information content (AvgIpc) is 3.08. The lowest BCUT2D eigenvalue weighted by Crippen LogP contribution is -2.34. The lowest BCUT2D eigenvalue weighted by atomic mass is 10.1. The summed E-state index contributed by atoms with van der Waals surface area (Å²) in [5.41, 5.74) is 0. The second-order valence-electron chi connectivity index (χ2n) is 5.61. The van der Waals surface area contributed by atoms with Crippen LogP contribution in [-0.4, -0.2) is 93.0 Å². The van der Waals surface area contributed by atoms with E-state index in [0.717, 1.165) is 0 Å². The predicted octanol–water partition coefficient (Wildman–Crippen LogP) is -1.38. The third-order valence-corrected chi connectivity index (χ3v) is 3.79. The summed E-state index contributed by atoms with van der Waals surface area (Å²) in [5, 5.41) is 42.7. The highest BCUT2D eigenvalue weighted by atomic mass is 17.1. The molecular weight excluding hydrogens is 348 g/mol. The number of rotatable bonds is 10. The van der Waals surface area contributed by atoms with Crippen LogP contribution in [0.25, 0.3) is 0 Å². The molecule has 0 aromatic rings. The van der Waals surface area contributed by atoms with Gasteiger partial charge < -0.3 is 19.3 Å². The molecule has 0 aromatic heterocycles. The van der Waals surface area contributed by atoms with Crippen LogP contribution in [0.2, 0.25) is 0 Å². The van der Waals surface area contributed by atoms with Gasteiger partial charge in [0.1, 0.15) is 31.0 Å². The van der Waals surface area contributed by atoms with Crippen LogP contribution < -0.4 is 0 Å². The zero-order chi connectivity index (χ0) is 18.4. The fourth-order valence-electron chi connectivity index (χ4n) is 2.70. The zero-order valence-corrected chi connectivity index (χ0v) is 13.2. The first kappa shape index (κ1) is 20.3. The van der Waals surface area contributed by atoms with Crippen molar-refractivity contribution in [3.63, 3.8) is 0 Å². The van der Waals surface area contributed by atoms with Crippen molar-refractivity contribution < 1.29 is 54.6 Å². The molecule has 2 aliphatic rings. The van der Waals surface area contributed by atoms with Crippen molar-refractivity contribution in [2.75, 3.05) is 19.8 Å². The summed E-state index contributed by atoms with van der Waals surface area (Å²) in [4.78, 5) is 20.7. The van der Waals surface area contributed by atoms with Crippen molar-refractivity contribution in [1.29, 1.82) is 0 Å². The molecule has 13 nitrogen and oxygen atoms in total. The number of nitrogens with zero attached hydrogens (tertiary/aromatic N) is 2. The molecule has 0 aliphatic carbocycles. The van der Waals surface area contributed by atoms with Crippen molar-refractivity contribution in [2.24, 2.45) is 0 Å². The van der Waals surface area contributed by atoms with Crippen LogP contribution in [0.1, 0.15) is 19.3 Å². The number of hydrogen-bond donors (Lipinski definition) is 5. The number of ether oxygens (including phenoxy) is 3. The summed E-state index contributed by atoms with van der Waals surface area (Å²) in [7, 11) is 0. The fourth-order valence-corrected chi connectivity index (χ4v) is 2.70. The lowest BCUT2D eigenvalue weighted by molar-refractivity contribution is -0.527. The van der Waals surface area contributed by atoms with Crippen LogP contribution in [0, 0.1) is 0 Å². The van der Waals surface area contributed by atoms with Gasteiger partial charge in [-0.25, -0.2) is 9.68 Å². The third kappa shape index (κ3) is 6.36. The Hall–Kier alpha value is -0.970. The molecule has 0 amide bonds. The monoisotopic (exact) mass is 370 g/mol. The minimum atomic E-state index is -0.961. The van der Waals surface area contributed by atoms with Gasteiger partial charge in [0.05, 0.1) is 24.0 Å². The standard InChI is InChI=1S/C12H22N2O11/c15-8-5-21-12-9(6-22-11(8)12)24-10(16)3-1-2-7(25-14(19)20)4-23-13(17)18/h7-9,11-12,15,17-20H,1-6H2/t7-,8+,9+,11-,12-/m1/s1. The number of carbonyl (C=O) groups excluding carboxylic acids is 1. The molecule has 5 N–H and O–H groups in total. The minimum absolute atomic E-state index is 0.00484. The van der Waals surface area contributed by atoms with Crippen molar-refractivity contribution in [1.82, 2.24) is 10.8 Å². The van der Waals surface area contributed by atoms with Crippen LogP contribution in [0.4, 0.5) is 0 Å². The van der Waals surface area contributed by atoms with E-state index in [9.17, 15) is 9.90 Å². The summed E-state index contributed by atoms with van der Waals surface area (Å²) >= 11 is 0. The molecule has 0 unspecified atom stereocenters. The van der Waals surface area contributed by atoms with Gasteiger partial charge in [-0.15, -0.1) is 0 Å². The van der Waals surface area contributed by atoms with Gasteiger partial charge in [-0.1, -0.05) is 0 Å². The van der Waals surface area contributed by atoms with E-state index in [-0.39, 0.29) is 32.5 Å². The number of carbonyl (C=O) groups is 1. The summed E-state index contributed by atoms with van der Waals surface area (Å²) in [6.07, 6.45) is -2.90. The number of fused-ring (bicyclic) bond motifs is 1. The Morgan fingerprint density at radius 1 is 1.12 bits per heavy atom. The lowest BCUT2D eigenvalue weighted by Gasteiger charge is -2.19. The number of hydrogen-bond acceptors (Lipinski definition) is 13. The number of aliphatic hydroxyl groups excluding tert-OH is 1.